The molecule has 0 saturated carbocycles. The average molecular weight is 523 g/mol. The van der Waals surface area contributed by atoms with Gasteiger partial charge in [-0.25, -0.2) is 9.78 Å². The Labute approximate surface area is 220 Å². The highest BCUT2D eigenvalue weighted by Gasteiger charge is 2.22. The number of hydrogen-bond donors (Lipinski definition) is 2. The number of carbonyl (C=O) groups excluding carboxylic acids is 1. The monoisotopic (exact) mass is 522 g/mol. The van der Waals surface area contributed by atoms with E-state index < -0.39 is 5.97 Å². The Kier molecular flexibility index (Phi) is 5.13. The lowest BCUT2D eigenvalue weighted by Crippen LogP contribution is -2.17. The second-order valence-corrected chi connectivity index (χ2v) is 9.36. The first-order chi connectivity index (χ1) is 19.0. The Hall–Kier alpha value is -5.16. The molecule has 3 aromatic carbocycles. The number of nitrogens with zero attached hydrogens (tertiary/aromatic N) is 4. The molecule has 0 radical (unpaired) electrons. The summed E-state index contributed by atoms with van der Waals surface area (Å²) in [5, 5.41) is 5.60. The largest absolute Gasteiger partial charge is 0.454 e. The molecule has 0 atom stereocenters. The molecular weight excluding hydrogens is 500 g/mol. The van der Waals surface area contributed by atoms with Crippen LogP contribution >= 0.6 is 0 Å². The van der Waals surface area contributed by atoms with Gasteiger partial charge < -0.3 is 29.6 Å². The zero-order valence-electron chi connectivity index (χ0n) is 20.8. The minimum Gasteiger partial charge on any atom is -0.454 e. The van der Waals surface area contributed by atoms with Crippen LogP contribution in [-0.2, 0) is 17.9 Å². The maximum Gasteiger partial charge on any atom is 0.331 e. The Morgan fingerprint density at radius 2 is 1.92 bits per heavy atom. The number of aromatic nitrogens is 5. The second-order valence-electron chi connectivity index (χ2n) is 9.36. The van der Waals surface area contributed by atoms with Gasteiger partial charge in [-0.2, -0.15) is 0 Å². The fourth-order valence-corrected chi connectivity index (χ4v) is 5.01. The molecule has 1 aliphatic rings. The number of rotatable bonds is 5. The fraction of sp³-hybridized carbons (Fsp3) is 0.143. The lowest BCUT2D eigenvalue weighted by atomic mass is 10.1. The van der Waals surface area contributed by atoms with Gasteiger partial charge >= 0.3 is 5.97 Å². The highest BCUT2D eigenvalue weighted by molar-refractivity contribution is 5.99. The SMILES string of the molecule is CC(=O)On1ncc2cc3[nH]c(=O)c(-c4cn(Cc5cccc(CN)c5)c5cc6c(cc45)OCO6)nc3cc21. The number of carbonyl (C=O) groups is 1. The zero-order valence-corrected chi connectivity index (χ0v) is 20.8. The van der Waals surface area contributed by atoms with Crippen molar-refractivity contribution in [1.82, 2.24) is 24.5 Å². The maximum atomic E-state index is 13.4. The summed E-state index contributed by atoms with van der Waals surface area (Å²) < 4.78 is 13.3. The number of aromatic amines is 1. The topological polar surface area (TPSA) is 139 Å². The first-order valence-electron chi connectivity index (χ1n) is 12.3. The number of nitrogens with two attached hydrogens (primary N) is 1. The molecule has 3 N–H and O–H groups in total. The standard InChI is InChI=1S/C28H22N6O5/c1-15(35)39-34-23-8-22-21(6-18(23)11-30-34)32-28(36)27(31-22)20-13-33(12-17-4-2-3-16(5-17)10-29)24-9-26-25(7-19(20)24)37-14-38-26/h2-9,11,13H,10,12,14,29H2,1H3,(H,32,36). The van der Waals surface area contributed by atoms with Crippen LogP contribution in [0.1, 0.15) is 18.1 Å². The van der Waals surface area contributed by atoms with E-state index >= 15 is 0 Å². The molecule has 3 aromatic heterocycles. The third-order valence-electron chi connectivity index (χ3n) is 6.77. The Balaban J connectivity index is 1.42. The summed E-state index contributed by atoms with van der Waals surface area (Å²) in [5.41, 5.74) is 11.0. The predicted molar refractivity (Wildman–Crippen MR) is 143 cm³/mol. The van der Waals surface area contributed by atoms with Crippen molar-refractivity contribution in [2.45, 2.75) is 20.0 Å². The van der Waals surface area contributed by atoms with Crippen LogP contribution in [0.3, 0.4) is 0 Å². The van der Waals surface area contributed by atoms with E-state index in [0.717, 1.165) is 26.9 Å². The van der Waals surface area contributed by atoms with E-state index in [1.54, 1.807) is 18.3 Å². The lowest BCUT2D eigenvalue weighted by Gasteiger charge is -2.08. The van der Waals surface area contributed by atoms with Crippen LogP contribution in [0, 0.1) is 0 Å². The summed E-state index contributed by atoms with van der Waals surface area (Å²) in [7, 11) is 0. The average Bonchev–Trinajstić information content (AvgIpc) is 3.63. The molecule has 0 unspecified atom stereocenters. The number of ether oxygens (including phenoxy) is 2. The number of H-pyrrole nitrogens is 1. The van der Waals surface area contributed by atoms with Crippen molar-refractivity contribution < 1.29 is 19.1 Å². The van der Waals surface area contributed by atoms with E-state index in [-0.39, 0.29) is 18.0 Å². The molecule has 11 nitrogen and oxygen atoms in total. The van der Waals surface area contributed by atoms with Crippen molar-refractivity contribution in [2.75, 3.05) is 6.79 Å². The van der Waals surface area contributed by atoms with Crippen molar-refractivity contribution in [3.8, 4) is 22.8 Å². The summed E-state index contributed by atoms with van der Waals surface area (Å²) in [4.78, 5) is 38.9. The van der Waals surface area contributed by atoms with Crippen LogP contribution in [0.25, 0.3) is 44.1 Å². The van der Waals surface area contributed by atoms with Crippen molar-refractivity contribution in [1.29, 1.82) is 0 Å². The van der Waals surface area contributed by atoms with Gasteiger partial charge in [0.2, 0.25) is 6.79 Å². The molecular formula is C28H22N6O5. The van der Waals surface area contributed by atoms with Crippen molar-refractivity contribution in [3.05, 3.63) is 82.4 Å². The molecule has 194 valence electrons. The van der Waals surface area contributed by atoms with Gasteiger partial charge in [-0.15, -0.1) is 5.10 Å². The minimum atomic E-state index is -0.501. The third kappa shape index (κ3) is 3.87. The molecule has 0 bridgehead atoms. The van der Waals surface area contributed by atoms with Crippen LogP contribution in [0.2, 0.25) is 0 Å². The van der Waals surface area contributed by atoms with E-state index in [9.17, 15) is 9.59 Å². The maximum absolute atomic E-state index is 13.4. The van der Waals surface area contributed by atoms with Crippen LogP contribution in [-0.4, -0.2) is 37.2 Å². The number of nitrogens with one attached hydrogen (secondary N) is 1. The summed E-state index contributed by atoms with van der Waals surface area (Å²) in [6, 6.07) is 15.4. The quantitative estimate of drug-likeness (QED) is 0.352. The van der Waals surface area contributed by atoms with Crippen molar-refractivity contribution >= 4 is 38.8 Å². The van der Waals surface area contributed by atoms with Gasteiger partial charge in [-0.05, 0) is 29.3 Å². The van der Waals surface area contributed by atoms with Crippen molar-refractivity contribution in [3.63, 3.8) is 0 Å². The third-order valence-corrected chi connectivity index (χ3v) is 6.77. The van der Waals surface area contributed by atoms with Gasteiger partial charge in [-0.1, -0.05) is 29.1 Å². The number of hydrogen-bond acceptors (Lipinski definition) is 8. The van der Waals surface area contributed by atoms with Crippen molar-refractivity contribution in [2.24, 2.45) is 5.73 Å². The summed E-state index contributed by atoms with van der Waals surface area (Å²) in [5.74, 6) is 0.750. The number of fused-ring (bicyclic) bond motifs is 4. The van der Waals surface area contributed by atoms with Gasteiger partial charge in [0.1, 0.15) is 11.2 Å². The number of benzene rings is 3. The molecule has 39 heavy (non-hydrogen) atoms. The second kappa shape index (κ2) is 8.71. The van der Waals surface area contributed by atoms with Gasteiger partial charge in [0, 0.05) is 48.6 Å². The molecule has 6 aromatic rings. The fourth-order valence-electron chi connectivity index (χ4n) is 5.01. The molecule has 4 heterocycles. The molecule has 0 aliphatic carbocycles. The van der Waals surface area contributed by atoms with E-state index in [2.05, 4.69) is 20.7 Å². The first-order valence-corrected chi connectivity index (χ1v) is 12.3. The predicted octanol–water partition coefficient (Wildman–Crippen LogP) is 3.11. The van der Waals surface area contributed by atoms with Crippen LogP contribution in [0.5, 0.6) is 11.5 Å². The molecule has 1 aliphatic heterocycles. The highest BCUT2D eigenvalue weighted by atomic mass is 16.7. The van der Waals surface area contributed by atoms with Gasteiger partial charge in [0.15, 0.2) is 11.5 Å². The summed E-state index contributed by atoms with van der Waals surface area (Å²) in [6.07, 6.45) is 3.47. The normalized spacial score (nSPS) is 12.6. The Morgan fingerprint density at radius 3 is 2.74 bits per heavy atom. The van der Waals surface area contributed by atoms with E-state index in [1.807, 2.05) is 36.5 Å². The van der Waals surface area contributed by atoms with E-state index in [0.29, 0.717) is 52.1 Å². The first kappa shape index (κ1) is 23.0. The molecule has 7 rings (SSSR count). The minimum absolute atomic E-state index is 0.136. The zero-order chi connectivity index (χ0) is 26.7. The van der Waals surface area contributed by atoms with Crippen LogP contribution in [0.4, 0.5) is 0 Å². The van der Waals surface area contributed by atoms with E-state index in [1.165, 1.54) is 6.92 Å². The molecule has 0 saturated heterocycles. The Bertz CT molecular complexity index is 2000. The van der Waals surface area contributed by atoms with Gasteiger partial charge in [-0.3, -0.25) is 4.79 Å². The van der Waals surface area contributed by atoms with Gasteiger partial charge in [0.25, 0.3) is 5.56 Å². The highest BCUT2D eigenvalue weighted by Crippen LogP contribution is 2.40. The van der Waals surface area contributed by atoms with E-state index in [4.69, 9.17) is 25.0 Å². The molecule has 0 fully saturated rings. The molecule has 11 heteroatoms. The van der Waals surface area contributed by atoms with Crippen LogP contribution in [0.15, 0.2) is 65.7 Å². The van der Waals surface area contributed by atoms with Crippen LogP contribution < -0.4 is 25.6 Å². The van der Waals surface area contributed by atoms with Gasteiger partial charge in [0.05, 0.1) is 22.7 Å². The smallest absolute Gasteiger partial charge is 0.331 e. The summed E-state index contributed by atoms with van der Waals surface area (Å²) in [6.45, 7) is 2.44. The molecule has 0 spiro atoms. The Morgan fingerprint density at radius 1 is 1.10 bits per heavy atom. The molecule has 0 amide bonds. The lowest BCUT2D eigenvalue weighted by molar-refractivity contribution is -0.142. The summed E-state index contributed by atoms with van der Waals surface area (Å²) >= 11 is 0.